The lowest BCUT2D eigenvalue weighted by atomic mass is 10.2. The van der Waals surface area contributed by atoms with Gasteiger partial charge >= 0.3 is 0 Å². The van der Waals surface area contributed by atoms with Crippen LogP contribution in [0.5, 0.6) is 0 Å². The van der Waals surface area contributed by atoms with E-state index >= 15 is 0 Å². The molecule has 0 spiro atoms. The maximum Gasteiger partial charge on any atom is 0.108 e. The average molecular weight is 202 g/mol. The third-order valence-electron chi connectivity index (χ3n) is 2.25. The fourth-order valence-corrected chi connectivity index (χ4v) is 1.56. The van der Waals surface area contributed by atoms with Gasteiger partial charge in [0.2, 0.25) is 0 Å². The molecule has 0 aromatic carbocycles. The van der Waals surface area contributed by atoms with Crippen LogP contribution in [-0.4, -0.2) is 21.5 Å². The zero-order valence-electron chi connectivity index (χ0n) is 8.70. The van der Waals surface area contributed by atoms with Crippen molar-refractivity contribution in [1.29, 1.82) is 0 Å². The normalized spacial score (nSPS) is 10.5. The maximum absolute atomic E-state index is 5.49. The Balaban J connectivity index is 2.36. The van der Waals surface area contributed by atoms with Crippen molar-refractivity contribution in [3.8, 4) is 11.3 Å². The predicted octanol–water partition coefficient (Wildman–Crippen LogP) is 1.28. The molecule has 15 heavy (non-hydrogen) atoms. The Bertz CT molecular complexity index is 433. The molecule has 0 radical (unpaired) electrons. The summed E-state index contributed by atoms with van der Waals surface area (Å²) in [4.78, 5) is 11.8. The van der Waals surface area contributed by atoms with Crippen LogP contribution in [0.25, 0.3) is 11.3 Å². The number of imidazole rings is 1. The molecule has 4 heteroatoms. The lowest BCUT2D eigenvalue weighted by molar-refractivity contribution is 0.891. The third-order valence-corrected chi connectivity index (χ3v) is 2.25. The fraction of sp³-hybridized carbons (Fsp3) is 0.273. The molecule has 2 aromatic heterocycles. The Morgan fingerprint density at radius 3 is 3.00 bits per heavy atom. The maximum atomic E-state index is 5.49. The molecule has 2 rings (SSSR count). The monoisotopic (exact) mass is 202 g/mol. The average Bonchev–Trinajstić information content (AvgIpc) is 2.61. The number of aryl methyl sites for hydroxylation is 1. The molecule has 3 N–H and O–H groups in total. The van der Waals surface area contributed by atoms with E-state index in [2.05, 4.69) is 15.0 Å². The van der Waals surface area contributed by atoms with E-state index in [0.29, 0.717) is 6.54 Å². The molecule has 0 aliphatic rings. The molecular weight excluding hydrogens is 188 g/mol. The summed E-state index contributed by atoms with van der Waals surface area (Å²) in [6.07, 6.45) is 4.35. The van der Waals surface area contributed by atoms with Crippen molar-refractivity contribution in [2.24, 2.45) is 5.73 Å². The number of aromatic amines is 1. The van der Waals surface area contributed by atoms with Crippen LogP contribution in [0.15, 0.2) is 24.5 Å². The summed E-state index contributed by atoms with van der Waals surface area (Å²) in [6, 6.07) is 3.91. The molecule has 4 nitrogen and oxygen atoms in total. The van der Waals surface area contributed by atoms with Crippen LogP contribution in [0, 0.1) is 6.92 Å². The second-order valence-corrected chi connectivity index (χ2v) is 3.44. The molecule has 0 saturated heterocycles. The van der Waals surface area contributed by atoms with E-state index in [1.54, 1.807) is 6.20 Å². The molecule has 0 amide bonds. The van der Waals surface area contributed by atoms with E-state index in [-0.39, 0.29) is 0 Å². The first-order chi connectivity index (χ1) is 7.31. The molecule has 0 saturated carbocycles. The van der Waals surface area contributed by atoms with Crippen molar-refractivity contribution >= 4 is 0 Å². The van der Waals surface area contributed by atoms with Crippen LogP contribution < -0.4 is 5.73 Å². The van der Waals surface area contributed by atoms with Gasteiger partial charge in [0.15, 0.2) is 0 Å². The molecule has 0 unspecified atom stereocenters. The summed E-state index contributed by atoms with van der Waals surface area (Å²) in [6.45, 7) is 2.62. The van der Waals surface area contributed by atoms with Crippen LogP contribution in [0.4, 0.5) is 0 Å². The zero-order valence-corrected chi connectivity index (χ0v) is 8.70. The van der Waals surface area contributed by atoms with Crippen LogP contribution in [0.2, 0.25) is 0 Å². The molecule has 0 aliphatic heterocycles. The van der Waals surface area contributed by atoms with Crippen molar-refractivity contribution in [2.75, 3.05) is 6.54 Å². The van der Waals surface area contributed by atoms with E-state index in [4.69, 9.17) is 5.73 Å². The number of hydrogen-bond donors (Lipinski definition) is 2. The van der Waals surface area contributed by atoms with E-state index < -0.39 is 0 Å². The summed E-state index contributed by atoms with van der Waals surface area (Å²) in [7, 11) is 0. The van der Waals surface area contributed by atoms with Crippen LogP contribution in [0.1, 0.15) is 11.5 Å². The quantitative estimate of drug-likeness (QED) is 0.787. The van der Waals surface area contributed by atoms with Crippen molar-refractivity contribution in [3.63, 3.8) is 0 Å². The van der Waals surface area contributed by atoms with Gasteiger partial charge in [0, 0.05) is 30.1 Å². The highest BCUT2D eigenvalue weighted by atomic mass is 14.9. The Kier molecular flexibility index (Phi) is 2.78. The highest BCUT2D eigenvalue weighted by molar-refractivity contribution is 5.60. The van der Waals surface area contributed by atoms with Crippen molar-refractivity contribution in [1.82, 2.24) is 15.0 Å². The standard InChI is InChI=1S/C11H14N4/c1-8-11(9-3-2-6-13-7-9)15-10(14-8)4-5-12/h2-3,6-7H,4-5,12H2,1H3,(H,14,15). The first-order valence-electron chi connectivity index (χ1n) is 4.97. The van der Waals surface area contributed by atoms with Gasteiger partial charge in [-0.25, -0.2) is 4.98 Å². The Labute approximate surface area is 88.6 Å². The number of H-pyrrole nitrogens is 1. The molecule has 78 valence electrons. The van der Waals surface area contributed by atoms with Gasteiger partial charge in [-0.15, -0.1) is 0 Å². The van der Waals surface area contributed by atoms with Gasteiger partial charge in [0.05, 0.1) is 5.69 Å². The zero-order chi connectivity index (χ0) is 10.7. The van der Waals surface area contributed by atoms with E-state index in [9.17, 15) is 0 Å². The summed E-state index contributed by atoms with van der Waals surface area (Å²) >= 11 is 0. The fourth-order valence-electron chi connectivity index (χ4n) is 1.56. The van der Waals surface area contributed by atoms with E-state index in [1.807, 2.05) is 25.3 Å². The third kappa shape index (κ3) is 2.05. The van der Waals surface area contributed by atoms with Gasteiger partial charge in [-0.05, 0) is 25.6 Å². The van der Waals surface area contributed by atoms with E-state index in [1.165, 1.54) is 0 Å². The first kappa shape index (κ1) is 9.86. The molecular formula is C11H14N4. The number of rotatable bonds is 3. The molecule has 0 fully saturated rings. The number of aromatic nitrogens is 3. The minimum absolute atomic E-state index is 0.611. The Morgan fingerprint density at radius 1 is 1.47 bits per heavy atom. The largest absolute Gasteiger partial charge is 0.346 e. The van der Waals surface area contributed by atoms with E-state index in [0.717, 1.165) is 29.2 Å². The predicted molar refractivity (Wildman–Crippen MR) is 59.3 cm³/mol. The summed E-state index contributed by atoms with van der Waals surface area (Å²) in [5.41, 5.74) is 8.55. The molecule has 0 aliphatic carbocycles. The summed E-state index contributed by atoms with van der Waals surface area (Å²) in [5.74, 6) is 0.939. The van der Waals surface area contributed by atoms with Gasteiger partial charge in [-0.1, -0.05) is 0 Å². The molecule has 2 heterocycles. The van der Waals surface area contributed by atoms with Crippen molar-refractivity contribution in [2.45, 2.75) is 13.3 Å². The number of hydrogen-bond acceptors (Lipinski definition) is 3. The van der Waals surface area contributed by atoms with Gasteiger partial charge in [0.25, 0.3) is 0 Å². The highest BCUT2D eigenvalue weighted by Crippen LogP contribution is 2.19. The van der Waals surface area contributed by atoms with Crippen LogP contribution in [-0.2, 0) is 6.42 Å². The minimum atomic E-state index is 0.611. The van der Waals surface area contributed by atoms with Gasteiger partial charge < -0.3 is 10.7 Å². The molecule has 0 bridgehead atoms. The number of pyridine rings is 1. The Morgan fingerprint density at radius 2 is 2.33 bits per heavy atom. The number of nitrogens with two attached hydrogens (primary N) is 1. The second kappa shape index (κ2) is 4.23. The second-order valence-electron chi connectivity index (χ2n) is 3.44. The Hall–Kier alpha value is -1.68. The number of nitrogens with zero attached hydrogens (tertiary/aromatic N) is 2. The topological polar surface area (TPSA) is 67.6 Å². The van der Waals surface area contributed by atoms with Gasteiger partial charge in [-0.3, -0.25) is 4.98 Å². The summed E-state index contributed by atoms with van der Waals surface area (Å²) < 4.78 is 0. The van der Waals surface area contributed by atoms with Gasteiger partial charge in [0.1, 0.15) is 5.82 Å². The van der Waals surface area contributed by atoms with Crippen molar-refractivity contribution < 1.29 is 0 Å². The molecule has 0 atom stereocenters. The van der Waals surface area contributed by atoms with Crippen LogP contribution in [0.3, 0.4) is 0 Å². The minimum Gasteiger partial charge on any atom is -0.346 e. The SMILES string of the molecule is Cc1[nH]c(CCN)nc1-c1cccnc1. The van der Waals surface area contributed by atoms with Crippen molar-refractivity contribution in [3.05, 3.63) is 36.0 Å². The smallest absolute Gasteiger partial charge is 0.108 e. The summed E-state index contributed by atoms with van der Waals surface area (Å²) in [5, 5.41) is 0. The van der Waals surface area contributed by atoms with Gasteiger partial charge in [-0.2, -0.15) is 0 Å². The lowest BCUT2D eigenvalue weighted by Crippen LogP contribution is -2.03. The first-order valence-corrected chi connectivity index (χ1v) is 4.97. The highest BCUT2D eigenvalue weighted by Gasteiger charge is 2.07. The lowest BCUT2D eigenvalue weighted by Gasteiger charge is -1.95. The number of nitrogens with one attached hydrogen (secondary N) is 1. The van der Waals surface area contributed by atoms with Crippen LogP contribution >= 0.6 is 0 Å². The molecule has 2 aromatic rings.